The van der Waals surface area contributed by atoms with Crippen molar-refractivity contribution in [2.45, 2.75) is 51.9 Å². The van der Waals surface area contributed by atoms with Crippen LogP contribution in [0.15, 0.2) is 12.4 Å². The molecular formula is C15H26N4. The van der Waals surface area contributed by atoms with Crippen LogP contribution in [0.4, 0.5) is 5.82 Å². The van der Waals surface area contributed by atoms with E-state index in [9.17, 15) is 0 Å². The van der Waals surface area contributed by atoms with Gasteiger partial charge in [-0.05, 0) is 31.2 Å². The van der Waals surface area contributed by atoms with Crippen LogP contribution >= 0.6 is 0 Å². The van der Waals surface area contributed by atoms with Gasteiger partial charge in [-0.1, -0.05) is 32.6 Å². The smallest absolute Gasteiger partial charge is 0.129 e. The minimum atomic E-state index is 0.272. The van der Waals surface area contributed by atoms with Gasteiger partial charge >= 0.3 is 0 Å². The molecule has 1 aromatic rings. The highest BCUT2D eigenvalue weighted by Gasteiger charge is 2.30. The number of hydrogen-bond donors (Lipinski definition) is 2. The summed E-state index contributed by atoms with van der Waals surface area (Å²) in [5.41, 5.74) is 7.40. The quantitative estimate of drug-likeness (QED) is 0.827. The van der Waals surface area contributed by atoms with Crippen LogP contribution in [0.3, 0.4) is 0 Å². The Morgan fingerprint density at radius 3 is 2.74 bits per heavy atom. The topological polar surface area (TPSA) is 63.8 Å². The van der Waals surface area contributed by atoms with Crippen molar-refractivity contribution in [1.29, 1.82) is 0 Å². The highest BCUT2D eigenvalue weighted by Crippen LogP contribution is 2.35. The van der Waals surface area contributed by atoms with E-state index >= 15 is 0 Å². The van der Waals surface area contributed by atoms with Gasteiger partial charge in [-0.3, -0.25) is 0 Å². The normalized spacial score (nSPS) is 18.2. The molecule has 4 heteroatoms. The zero-order chi connectivity index (χ0) is 13.6. The van der Waals surface area contributed by atoms with Gasteiger partial charge in [0.25, 0.3) is 0 Å². The SMILES string of the molecule is CCCc1cc(NCC2(CN)CCCCC2)ncn1. The Kier molecular flexibility index (Phi) is 5.14. The molecule has 0 bridgehead atoms. The first-order valence-electron chi connectivity index (χ1n) is 7.53. The van der Waals surface area contributed by atoms with E-state index in [2.05, 4.69) is 28.3 Å². The van der Waals surface area contributed by atoms with Crippen LogP contribution in [0.2, 0.25) is 0 Å². The number of nitrogens with two attached hydrogens (primary N) is 1. The maximum atomic E-state index is 6.01. The summed E-state index contributed by atoms with van der Waals surface area (Å²) < 4.78 is 0. The van der Waals surface area contributed by atoms with E-state index in [0.717, 1.165) is 37.4 Å². The summed E-state index contributed by atoms with van der Waals surface area (Å²) in [5, 5.41) is 3.47. The third kappa shape index (κ3) is 3.90. The second-order valence-electron chi connectivity index (χ2n) is 5.76. The molecule has 1 aliphatic rings. The van der Waals surface area contributed by atoms with Crippen LogP contribution in [0.5, 0.6) is 0 Å². The molecule has 1 heterocycles. The maximum absolute atomic E-state index is 6.01. The highest BCUT2D eigenvalue weighted by molar-refractivity contribution is 5.35. The predicted molar refractivity (Wildman–Crippen MR) is 79.1 cm³/mol. The second kappa shape index (κ2) is 6.85. The van der Waals surface area contributed by atoms with E-state index in [1.54, 1.807) is 6.33 Å². The zero-order valence-electron chi connectivity index (χ0n) is 12.0. The van der Waals surface area contributed by atoms with Gasteiger partial charge < -0.3 is 11.1 Å². The Morgan fingerprint density at radius 1 is 1.26 bits per heavy atom. The molecule has 19 heavy (non-hydrogen) atoms. The molecule has 0 saturated heterocycles. The molecule has 0 amide bonds. The zero-order valence-corrected chi connectivity index (χ0v) is 12.0. The number of aryl methyl sites for hydroxylation is 1. The van der Waals surface area contributed by atoms with Gasteiger partial charge in [-0.2, -0.15) is 0 Å². The van der Waals surface area contributed by atoms with Gasteiger partial charge in [-0.15, -0.1) is 0 Å². The van der Waals surface area contributed by atoms with Gasteiger partial charge in [0.05, 0.1) is 0 Å². The van der Waals surface area contributed by atoms with Crippen LogP contribution in [0.25, 0.3) is 0 Å². The fraction of sp³-hybridized carbons (Fsp3) is 0.733. The van der Waals surface area contributed by atoms with Crippen molar-refractivity contribution in [2.24, 2.45) is 11.1 Å². The molecule has 3 N–H and O–H groups in total. The molecule has 1 saturated carbocycles. The largest absolute Gasteiger partial charge is 0.369 e. The first-order valence-corrected chi connectivity index (χ1v) is 7.53. The monoisotopic (exact) mass is 262 g/mol. The Morgan fingerprint density at radius 2 is 2.05 bits per heavy atom. The molecule has 1 aliphatic carbocycles. The van der Waals surface area contributed by atoms with E-state index < -0.39 is 0 Å². The Labute approximate surface area is 116 Å². The summed E-state index contributed by atoms with van der Waals surface area (Å²) in [6.45, 7) is 3.87. The fourth-order valence-electron chi connectivity index (χ4n) is 2.92. The lowest BCUT2D eigenvalue weighted by atomic mass is 9.74. The second-order valence-corrected chi connectivity index (χ2v) is 5.76. The molecule has 1 aromatic heterocycles. The molecule has 0 aliphatic heterocycles. The Hall–Kier alpha value is -1.16. The van der Waals surface area contributed by atoms with Crippen LogP contribution in [-0.4, -0.2) is 23.1 Å². The number of nitrogens with one attached hydrogen (secondary N) is 1. The standard InChI is InChI=1S/C15H26N4/c1-2-6-13-9-14(19-12-18-13)17-11-15(10-16)7-4-3-5-8-15/h9,12H,2-8,10-11,16H2,1H3,(H,17,18,19). The first-order chi connectivity index (χ1) is 9.28. The molecule has 1 fully saturated rings. The summed E-state index contributed by atoms with van der Waals surface area (Å²) in [5.74, 6) is 0.942. The molecule has 0 atom stereocenters. The third-order valence-electron chi connectivity index (χ3n) is 4.22. The molecular weight excluding hydrogens is 236 g/mol. The molecule has 0 unspecified atom stereocenters. The van der Waals surface area contributed by atoms with Crippen LogP contribution in [0.1, 0.15) is 51.1 Å². The molecule has 106 valence electrons. The Bertz CT molecular complexity index is 385. The summed E-state index contributed by atoms with van der Waals surface area (Å²) in [4.78, 5) is 8.59. The minimum absolute atomic E-state index is 0.272. The van der Waals surface area contributed by atoms with Gasteiger partial charge in [0.2, 0.25) is 0 Å². The lowest BCUT2D eigenvalue weighted by molar-refractivity contribution is 0.215. The average molecular weight is 262 g/mol. The summed E-state index contributed by atoms with van der Waals surface area (Å²) in [6.07, 6.45) is 10.2. The van der Waals surface area contributed by atoms with Crippen molar-refractivity contribution in [1.82, 2.24) is 9.97 Å². The molecule has 0 radical (unpaired) electrons. The highest BCUT2D eigenvalue weighted by atomic mass is 15.0. The summed E-state index contributed by atoms with van der Waals surface area (Å²) in [7, 11) is 0. The van der Waals surface area contributed by atoms with Gasteiger partial charge in [-0.25, -0.2) is 9.97 Å². The van der Waals surface area contributed by atoms with Crippen molar-refractivity contribution in [2.75, 3.05) is 18.4 Å². The van der Waals surface area contributed by atoms with Crippen LogP contribution < -0.4 is 11.1 Å². The molecule has 0 aromatic carbocycles. The van der Waals surface area contributed by atoms with Crippen LogP contribution in [-0.2, 0) is 6.42 Å². The first kappa shape index (κ1) is 14.3. The lowest BCUT2D eigenvalue weighted by Crippen LogP contribution is -2.39. The van der Waals surface area contributed by atoms with Gasteiger partial charge in [0.1, 0.15) is 12.1 Å². The number of nitrogens with zero attached hydrogens (tertiary/aromatic N) is 2. The van der Waals surface area contributed by atoms with E-state index in [0.29, 0.717) is 0 Å². The number of aromatic nitrogens is 2. The molecule has 4 nitrogen and oxygen atoms in total. The Balaban J connectivity index is 1.94. The maximum Gasteiger partial charge on any atom is 0.129 e. The summed E-state index contributed by atoms with van der Waals surface area (Å²) >= 11 is 0. The van der Waals surface area contributed by atoms with Crippen molar-refractivity contribution in [3.05, 3.63) is 18.1 Å². The minimum Gasteiger partial charge on any atom is -0.369 e. The predicted octanol–water partition coefficient (Wildman–Crippen LogP) is 2.75. The van der Waals surface area contributed by atoms with Crippen LogP contribution in [0, 0.1) is 5.41 Å². The lowest BCUT2D eigenvalue weighted by Gasteiger charge is -2.36. The number of anilines is 1. The third-order valence-corrected chi connectivity index (χ3v) is 4.22. The number of rotatable bonds is 6. The molecule has 2 rings (SSSR count). The van der Waals surface area contributed by atoms with Crippen molar-refractivity contribution in [3.8, 4) is 0 Å². The molecule has 0 spiro atoms. The van der Waals surface area contributed by atoms with Crippen molar-refractivity contribution < 1.29 is 0 Å². The average Bonchev–Trinajstić information content (AvgIpc) is 2.47. The van der Waals surface area contributed by atoms with E-state index in [1.165, 1.54) is 32.1 Å². The van der Waals surface area contributed by atoms with E-state index in [1.807, 2.05) is 0 Å². The fourth-order valence-corrected chi connectivity index (χ4v) is 2.92. The summed E-state index contributed by atoms with van der Waals surface area (Å²) in [6, 6.07) is 2.07. The van der Waals surface area contributed by atoms with Gasteiger partial charge in [0, 0.05) is 18.3 Å². The van der Waals surface area contributed by atoms with Crippen molar-refractivity contribution in [3.63, 3.8) is 0 Å². The van der Waals surface area contributed by atoms with Gasteiger partial charge in [0.15, 0.2) is 0 Å². The van der Waals surface area contributed by atoms with E-state index in [-0.39, 0.29) is 5.41 Å². The van der Waals surface area contributed by atoms with E-state index in [4.69, 9.17) is 5.73 Å². The van der Waals surface area contributed by atoms with Crippen molar-refractivity contribution >= 4 is 5.82 Å². The number of hydrogen-bond acceptors (Lipinski definition) is 4.